The smallest absolute Gasteiger partial charge is 0.247 e. The zero-order chi connectivity index (χ0) is 26.2. The molecule has 0 aromatic heterocycles. The van der Waals surface area contributed by atoms with Crippen LogP contribution in [0.4, 0.5) is 0 Å². The number of hydrogen-bond donors (Lipinski definition) is 5. The summed E-state index contributed by atoms with van der Waals surface area (Å²) in [5.41, 5.74) is 1.59. The lowest BCUT2D eigenvalue weighted by Crippen LogP contribution is -2.40. The Labute approximate surface area is 206 Å². The molecule has 0 aromatic carbocycles. The van der Waals surface area contributed by atoms with Crippen LogP contribution in [0.15, 0.2) is 108 Å². The summed E-state index contributed by atoms with van der Waals surface area (Å²) in [7, 11) is 0. The molecule has 0 fully saturated rings. The quantitative estimate of drug-likeness (QED) is 0.362. The summed E-state index contributed by atoms with van der Waals surface area (Å²) in [5.74, 6) is -1.30. The van der Waals surface area contributed by atoms with Gasteiger partial charge in [0, 0.05) is 12.6 Å². The minimum Gasteiger partial charge on any atom is -0.508 e. The monoisotopic (exact) mass is 481 g/mol. The van der Waals surface area contributed by atoms with Gasteiger partial charge in [-0.1, -0.05) is 91.0 Å². The Morgan fingerprint density at radius 1 is 0.800 bits per heavy atom. The van der Waals surface area contributed by atoms with Gasteiger partial charge in [0.2, 0.25) is 5.91 Å². The molecule has 1 heterocycles. The highest BCUT2D eigenvalue weighted by Gasteiger charge is 2.27. The molecule has 35 heavy (non-hydrogen) atoms. The fraction of sp³-hybridized carbons (Fsp3) is 0.286. The number of nitrogens with one attached hydrogen (secondary N) is 1. The number of aliphatic hydroxyl groups excluding tert-OH is 4. The molecule has 1 rings (SSSR count). The second kappa shape index (κ2) is 16.2. The molecule has 0 saturated heterocycles. The lowest BCUT2D eigenvalue weighted by Gasteiger charge is -2.18. The zero-order valence-electron chi connectivity index (χ0n) is 20.3. The van der Waals surface area contributed by atoms with Gasteiger partial charge in [-0.25, -0.2) is 0 Å². The molecule has 1 amide bonds. The standard InChI is InChI=1S/C28H35NO6/c1-20-10-5-4-6-12-22(3)19-29-26(33)18-23(30)17-16-21(2)13-9-15-25(32)28(35)27(34)24(31)14-8-7-11-20/h4-18,22,25,27-28,30,32,34-35H,19H2,1-3H3,(H,29,33)/b5-4-,11-7-,12-6-,14-8+,15-9-,17-16-,20-10-,21-13-,23-18+/t22-,25+,27+,28+/m1/s1. The molecular weight excluding hydrogens is 446 g/mol. The first-order valence-electron chi connectivity index (χ1n) is 11.3. The third-order valence-electron chi connectivity index (χ3n) is 4.78. The van der Waals surface area contributed by atoms with E-state index in [1.54, 1.807) is 31.2 Å². The summed E-state index contributed by atoms with van der Waals surface area (Å²) >= 11 is 0. The second-order valence-electron chi connectivity index (χ2n) is 8.15. The summed E-state index contributed by atoms with van der Waals surface area (Å²) in [6.45, 7) is 5.96. The normalized spacial score (nSPS) is 36.1. The highest BCUT2D eigenvalue weighted by molar-refractivity contribution is 5.94. The second-order valence-corrected chi connectivity index (χ2v) is 8.15. The van der Waals surface area contributed by atoms with Gasteiger partial charge in [-0.3, -0.25) is 9.59 Å². The average Bonchev–Trinajstić information content (AvgIpc) is 2.82. The number of carbonyl (C=O) groups is 2. The van der Waals surface area contributed by atoms with Crippen LogP contribution < -0.4 is 5.32 Å². The van der Waals surface area contributed by atoms with E-state index in [1.807, 2.05) is 44.2 Å². The van der Waals surface area contributed by atoms with Crippen molar-refractivity contribution < 1.29 is 30.0 Å². The predicted octanol–water partition coefficient (Wildman–Crippen LogP) is 3.08. The Balaban J connectivity index is 3.09. The van der Waals surface area contributed by atoms with E-state index in [0.29, 0.717) is 12.1 Å². The Morgan fingerprint density at radius 2 is 1.46 bits per heavy atom. The van der Waals surface area contributed by atoms with Crippen molar-refractivity contribution in [2.24, 2.45) is 5.92 Å². The van der Waals surface area contributed by atoms with Crippen LogP contribution in [0.5, 0.6) is 0 Å². The van der Waals surface area contributed by atoms with Gasteiger partial charge in [0.05, 0.1) is 0 Å². The third-order valence-corrected chi connectivity index (χ3v) is 4.78. The van der Waals surface area contributed by atoms with Gasteiger partial charge >= 0.3 is 0 Å². The number of amides is 1. The van der Waals surface area contributed by atoms with Crippen LogP contribution in [0.2, 0.25) is 0 Å². The van der Waals surface area contributed by atoms with Crippen LogP contribution in [-0.2, 0) is 9.59 Å². The first-order chi connectivity index (χ1) is 16.6. The van der Waals surface area contributed by atoms with Crippen molar-refractivity contribution in [3.8, 4) is 0 Å². The van der Waals surface area contributed by atoms with Crippen molar-refractivity contribution in [3.05, 3.63) is 108 Å². The van der Waals surface area contributed by atoms with E-state index in [-0.39, 0.29) is 11.7 Å². The number of aliphatic hydroxyl groups is 4. The van der Waals surface area contributed by atoms with E-state index < -0.39 is 30.0 Å². The Bertz CT molecular complexity index is 991. The number of hydrogen-bond acceptors (Lipinski definition) is 6. The highest BCUT2D eigenvalue weighted by atomic mass is 16.4. The molecule has 4 atom stereocenters. The van der Waals surface area contributed by atoms with E-state index in [0.717, 1.165) is 17.7 Å². The largest absolute Gasteiger partial charge is 0.508 e. The fourth-order valence-corrected chi connectivity index (χ4v) is 2.66. The molecule has 0 unspecified atom stereocenters. The van der Waals surface area contributed by atoms with Crippen molar-refractivity contribution >= 4 is 11.7 Å². The lowest BCUT2D eigenvalue weighted by atomic mass is 10.0. The minimum absolute atomic E-state index is 0.0853. The van der Waals surface area contributed by atoms with Crippen molar-refractivity contribution in [1.82, 2.24) is 5.32 Å². The molecule has 5 N–H and O–H groups in total. The fourth-order valence-electron chi connectivity index (χ4n) is 2.66. The maximum absolute atomic E-state index is 12.1. The zero-order valence-corrected chi connectivity index (χ0v) is 20.3. The molecule has 7 heteroatoms. The van der Waals surface area contributed by atoms with Gasteiger partial charge in [0.25, 0.3) is 0 Å². The van der Waals surface area contributed by atoms with Gasteiger partial charge < -0.3 is 25.7 Å². The summed E-state index contributed by atoms with van der Waals surface area (Å²) < 4.78 is 0. The number of rotatable bonds is 0. The van der Waals surface area contributed by atoms with Crippen LogP contribution in [0.25, 0.3) is 0 Å². The van der Waals surface area contributed by atoms with Crippen LogP contribution in [-0.4, -0.2) is 57.0 Å². The molecule has 188 valence electrons. The number of ketones is 1. The molecule has 7 nitrogen and oxygen atoms in total. The first-order valence-corrected chi connectivity index (χ1v) is 11.3. The lowest BCUT2D eigenvalue weighted by molar-refractivity contribution is -0.131. The minimum atomic E-state index is -1.79. The maximum Gasteiger partial charge on any atom is 0.247 e. The molecule has 1 aliphatic heterocycles. The van der Waals surface area contributed by atoms with Crippen molar-refractivity contribution in [2.75, 3.05) is 6.54 Å². The van der Waals surface area contributed by atoms with E-state index >= 15 is 0 Å². The Kier molecular flexibility index (Phi) is 13.6. The number of allylic oxidation sites excluding steroid dienone is 13. The predicted molar refractivity (Wildman–Crippen MR) is 138 cm³/mol. The number of carbonyl (C=O) groups excluding carboxylic acids is 2. The molecule has 0 saturated carbocycles. The molecule has 0 aromatic rings. The Morgan fingerprint density at radius 3 is 2.20 bits per heavy atom. The summed E-state index contributed by atoms with van der Waals surface area (Å²) in [6, 6.07) is 0. The summed E-state index contributed by atoms with van der Waals surface area (Å²) in [6.07, 6.45) is 18.6. The van der Waals surface area contributed by atoms with Crippen LogP contribution in [0, 0.1) is 5.92 Å². The van der Waals surface area contributed by atoms with E-state index in [9.17, 15) is 30.0 Å². The van der Waals surface area contributed by atoms with Crippen molar-refractivity contribution in [2.45, 2.75) is 39.1 Å². The van der Waals surface area contributed by atoms with Gasteiger partial charge in [0.1, 0.15) is 24.1 Å². The van der Waals surface area contributed by atoms with Crippen LogP contribution in [0.3, 0.4) is 0 Å². The SMILES string of the molecule is CC1=C/C=C\C=C/[C@@H](C)CNC(=O)\C=C(O)/C=C\C(C)=C/C=C\[C@H](O)[C@H](O)[C@@H](O)C(=O)/C=C/C=C\1. The molecule has 0 aliphatic carbocycles. The Hall–Kier alpha value is -3.52. The summed E-state index contributed by atoms with van der Waals surface area (Å²) in [5, 5.41) is 42.8. The molecule has 0 bridgehead atoms. The average molecular weight is 482 g/mol. The van der Waals surface area contributed by atoms with E-state index in [4.69, 9.17) is 0 Å². The van der Waals surface area contributed by atoms with E-state index in [1.165, 1.54) is 24.3 Å². The molecular formula is C28H35NO6. The topological polar surface area (TPSA) is 127 Å². The molecule has 1 aliphatic rings. The highest BCUT2D eigenvalue weighted by Crippen LogP contribution is 2.06. The van der Waals surface area contributed by atoms with Crippen molar-refractivity contribution in [3.63, 3.8) is 0 Å². The molecule has 0 radical (unpaired) electrons. The van der Waals surface area contributed by atoms with Gasteiger partial charge in [-0.15, -0.1) is 0 Å². The summed E-state index contributed by atoms with van der Waals surface area (Å²) in [4.78, 5) is 24.0. The van der Waals surface area contributed by atoms with Crippen LogP contribution in [0.1, 0.15) is 20.8 Å². The molecule has 0 spiro atoms. The van der Waals surface area contributed by atoms with E-state index in [2.05, 4.69) is 5.32 Å². The van der Waals surface area contributed by atoms with Crippen LogP contribution >= 0.6 is 0 Å². The maximum atomic E-state index is 12.1. The third kappa shape index (κ3) is 13.1. The van der Waals surface area contributed by atoms with Gasteiger partial charge in [0.15, 0.2) is 5.78 Å². The van der Waals surface area contributed by atoms with Crippen molar-refractivity contribution in [1.29, 1.82) is 0 Å². The first kappa shape index (κ1) is 29.5. The van der Waals surface area contributed by atoms with Gasteiger partial charge in [-0.05, 0) is 31.9 Å². The van der Waals surface area contributed by atoms with Gasteiger partial charge in [-0.2, -0.15) is 0 Å².